The second-order valence-electron chi connectivity index (χ2n) is 8.02. The van der Waals surface area contributed by atoms with E-state index in [1.807, 2.05) is 12.1 Å². The van der Waals surface area contributed by atoms with Crippen LogP contribution in [0.2, 0.25) is 0 Å². The van der Waals surface area contributed by atoms with Gasteiger partial charge in [-0.05, 0) is 67.3 Å². The van der Waals surface area contributed by atoms with Crippen molar-refractivity contribution in [2.45, 2.75) is 36.2 Å². The molecule has 5 rings (SSSR count). The molecule has 0 aromatic heterocycles. The standard InChI is InChI=1S/C22H26N2O4S/c1-27-15-5-8-17(9-6-15)29(25,26)24-13-11-18-20-4-3-12-23(20)21-10-7-16(28-2)14-19(21)22(18)24/h5-10,14,18,20,22H,3-4,11-13H2,1-2H3/t18-,20-,22-/m1/s1. The number of methoxy groups -OCH3 is 2. The minimum atomic E-state index is -3.61. The number of sulfonamides is 1. The van der Waals surface area contributed by atoms with Gasteiger partial charge in [-0.15, -0.1) is 0 Å². The van der Waals surface area contributed by atoms with Crippen LogP contribution >= 0.6 is 0 Å². The number of rotatable bonds is 4. The van der Waals surface area contributed by atoms with Crippen molar-refractivity contribution in [2.24, 2.45) is 5.92 Å². The first-order valence-electron chi connectivity index (χ1n) is 10.1. The van der Waals surface area contributed by atoms with Crippen LogP contribution in [0.5, 0.6) is 11.5 Å². The van der Waals surface area contributed by atoms with Crippen molar-refractivity contribution in [3.63, 3.8) is 0 Å². The lowest BCUT2D eigenvalue weighted by Gasteiger charge is -2.43. The molecule has 2 aromatic carbocycles. The van der Waals surface area contributed by atoms with E-state index in [1.165, 1.54) is 0 Å². The van der Waals surface area contributed by atoms with Gasteiger partial charge in [0.15, 0.2) is 0 Å². The Morgan fingerprint density at radius 2 is 1.66 bits per heavy atom. The van der Waals surface area contributed by atoms with Crippen LogP contribution in [-0.2, 0) is 10.0 Å². The topological polar surface area (TPSA) is 59.1 Å². The van der Waals surface area contributed by atoms with Crippen molar-refractivity contribution >= 4 is 15.7 Å². The van der Waals surface area contributed by atoms with Gasteiger partial charge in [0, 0.05) is 30.7 Å². The third-order valence-electron chi connectivity index (χ3n) is 6.72. The monoisotopic (exact) mass is 414 g/mol. The smallest absolute Gasteiger partial charge is 0.243 e. The van der Waals surface area contributed by atoms with Crippen LogP contribution in [0.15, 0.2) is 47.4 Å². The summed E-state index contributed by atoms with van der Waals surface area (Å²) in [5.41, 5.74) is 2.23. The van der Waals surface area contributed by atoms with Gasteiger partial charge in [-0.25, -0.2) is 8.42 Å². The second-order valence-corrected chi connectivity index (χ2v) is 9.91. The summed E-state index contributed by atoms with van der Waals surface area (Å²) < 4.78 is 39.5. The van der Waals surface area contributed by atoms with Gasteiger partial charge in [-0.2, -0.15) is 4.31 Å². The molecule has 6 nitrogen and oxygen atoms in total. The molecule has 0 spiro atoms. The first-order chi connectivity index (χ1) is 14.0. The van der Waals surface area contributed by atoms with E-state index in [-0.39, 0.29) is 6.04 Å². The molecule has 0 saturated carbocycles. The Labute approximate surface area is 172 Å². The van der Waals surface area contributed by atoms with Gasteiger partial charge < -0.3 is 14.4 Å². The number of ether oxygens (including phenoxy) is 2. The summed E-state index contributed by atoms with van der Waals surface area (Å²) >= 11 is 0. The quantitative estimate of drug-likeness (QED) is 0.767. The molecule has 154 valence electrons. The number of benzene rings is 2. The highest BCUT2D eigenvalue weighted by Gasteiger charge is 2.51. The van der Waals surface area contributed by atoms with Crippen LogP contribution < -0.4 is 14.4 Å². The third-order valence-corrected chi connectivity index (χ3v) is 8.62. The van der Waals surface area contributed by atoms with Crippen molar-refractivity contribution < 1.29 is 17.9 Å². The zero-order chi connectivity index (χ0) is 20.2. The molecule has 0 N–H and O–H groups in total. The number of anilines is 1. The summed E-state index contributed by atoms with van der Waals surface area (Å²) in [5, 5.41) is 0. The lowest BCUT2D eigenvalue weighted by atomic mass is 9.82. The van der Waals surface area contributed by atoms with Gasteiger partial charge >= 0.3 is 0 Å². The van der Waals surface area contributed by atoms with E-state index < -0.39 is 10.0 Å². The molecular weight excluding hydrogens is 388 g/mol. The highest BCUT2D eigenvalue weighted by Crippen LogP contribution is 2.53. The molecule has 0 amide bonds. The molecule has 7 heteroatoms. The van der Waals surface area contributed by atoms with Gasteiger partial charge in [0.2, 0.25) is 10.0 Å². The lowest BCUT2D eigenvalue weighted by molar-refractivity contribution is 0.293. The predicted molar refractivity (Wildman–Crippen MR) is 111 cm³/mol. The Hall–Kier alpha value is -2.25. The van der Waals surface area contributed by atoms with Crippen molar-refractivity contribution in [2.75, 3.05) is 32.2 Å². The van der Waals surface area contributed by atoms with Crippen LogP contribution in [0.3, 0.4) is 0 Å². The van der Waals surface area contributed by atoms with Crippen molar-refractivity contribution in [1.29, 1.82) is 0 Å². The van der Waals surface area contributed by atoms with Gasteiger partial charge in [0.05, 0.1) is 25.2 Å². The summed E-state index contributed by atoms with van der Waals surface area (Å²) in [7, 11) is -0.375. The molecule has 29 heavy (non-hydrogen) atoms. The molecule has 0 unspecified atom stereocenters. The van der Waals surface area contributed by atoms with E-state index >= 15 is 0 Å². The maximum absolute atomic E-state index is 13.6. The molecule has 3 heterocycles. The van der Waals surface area contributed by atoms with Gasteiger partial charge in [-0.3, -0.25) is 0 Å². The Morgan fingerprint density at radius 3 is 2.38 bits per heavy atom. The minimum absolute atomic E-state index is 0.147. The van der Waals surface area contributed by atoms with Gasteiger partial charge in [0.25, 0.3) is 0 Å². The van der Waals surface area contributed by atoms with E-state index in [1.54, 1.807) is 42.8 Å². The number of fused-ring (bicyclic) bond motifs is 6. The van der Waals surface area contributed by atoms with Crippen molar-refractivity contribution in [3.8, 4) is 11.5 Å². The first kappa shape index (κ1) is 18.8. The van der Waals surface area contributed by atoms with E-state index in [2.05, 4.69) is 11.0 Å². The Kier molecular flexibility index (Phi) is 4.47. The molecule has 3 atom stereocenters. The molecule has 2 saturated heterocycles. The highest BCUT2D eigenvalue weighted by atomic mass is 32.2. The summed E-state index contributed by atoms with van der Waals surface area (Å²) in [6, 6.07) is 13.1. The maximum atomic E-state index is 13.6. The maximum Gasteiger partial charge on any atom is 0.243 e. The second kappa shape index (κ2) is 6.92. The summed E-state index contributed by atoms with van der Waals surface area (Å²) in [5.74, 6) is 1.73. The van der Waals surface area contributed by atoms with Gasteiger partial charge in [0.1, 0.15) is 11.5 Å². The van der Waals surface area contributed by atoms with E-state index in [9.17, 15) is 8.42 Å². The Bertz CT molecular complexity index is 1020. The van der Waals surface area contributed by atoms with E-state index in [0.29, 0.717) is 29.1 Å². The van der Waals surface area contributed by atoms with E-state index in [4.69, 9.17) is 9.47 Å². The molecule has 2 aromatic rings. The number of nitrogens with zero attached hydrogens (tertiary/aromatic N) is 2. The predicted octanol–water partition coefficient (Wildman–Crippen LogP) is 3.44. The highest BCUT2D eigenvalue weighted by molar-refractivity contribution is 7.89. The Balaban J connectivity index is 1.60. The fraction of sp³-hybridized carbons (Fsp3) is 0.455. The molecule has 0 bridgehead atoms. The van der Waals surface area contributed by atoms with Crippen LogP contribution in [0.4, 0.5) is 5.69 Å². The van der Waals surface area contributed by atoms with Crippen molar-refractivity contribution in [3.05, 3.63) is 48.0 Å². The third kappa shape index (κ3) is 2.82. The minimum Gasteiger partial charge on any atom is -0.497 e. The van der Waals surface area contributed by atoms with Crippen LogP contribution in [0, 0.1) is 5.92 Å². The average Bonchev–Trinajstić information content (AvgIpc) is 3.41. The zero-order valence-electron chi connectivity index (χ0n) is 16.7. The molecular formula is C22H26N2O4S. The molecule has 3 aliphatic rings. The van der Waals surface area contributed by atoms with Crippen LogP contribution in [0.25, 0.3) is 0 Å². The normalized spacial score (nSPS) is 26.0. The van der Waals surface area contributed by atoms with Crippen molar-refractivity contribution in [1.82, 2.24) is 4.31 Å². The summed E-state index contributed by atoms with van der Waals surface area (Å²) in [4.78, 5) is 2.80. The Morgan fingerprint density at radius 1 is 0.931 bits per heavy atom. The fourth-order valence-electron chi connectivity index (χ4n) is 5.42. The number of hydrogen-bond acceptors (Lipinski definition) is 5. The molecule has 2 fully saturated rings. The number of hydrogen-bond donors (Lipinski definition) is 0. The zero-order valence-corrected chi connectivity index (χ0v) is 17.6. The SMILES string of the molecule is COc1ccc(S(=O)(=O)N2CC[C@@H]3[C@H]4CCCN4c4ccc(OC)cc4[C@@H]32)cc1. The summed E-state index contributed by atoms with van der Waals surface area (Å²) in [6.45, 7) is 1.59. The molecule has 0 aliphatic carbocycles. The molecule has 3 aliphatic heterocycles. The summed E-state index contributed by atoms with van der Waals surface area (Å²) in [6.07, 6.45) is 3.17. The van der Waals surface area contributed by atoms with Crippen LogP contribution in [-0.4, -0.2) is 46.1 Å². The van der Waals surface area contributed by atoms with Crippen LogP contribution in [0.1, 0.15) is 30.9 Å². The van der Waals surface area contributed by atoms with E-state index in [0.717, 1.165) is 42.8 Å². The fourth-order valence-corrected chi connectivity index (χ4v) is 7.09. The van der Waals surface area contributed by atoms with Gasteiger partial charge in [-0.1, -0.05) is 0 Å². The first-order valence-corrected chi connectivity index (χ1v) is 11.6. The molecule has 0 radical (unpaired) electrons. The average molecular weight is 415 g/mol. The lowest BCUT2D eigenvalue weighted by Crippen LogP contribution is -2.45. The largest absolute Gasteiger partial charge is 0.497 e.